The van der Waals surface area contributed by atoms with Gasteiger partial charge in [0, 0.05) is 16.0 Å². The molecule has 18 heavy (non-hydrogen) atoms. The largest absolute Gasteiger partial charge is 0.351 e. The van der Waals surface area contributed by atoms with Crippen LogP contribution in [0.1, 0.15) is 18.4 Å². The van der Waals surface area contributed by atoms with Crippen molar-refractivity contribution in [3.63, 3.8) is 0 Å². The Morgan fingerprint density at radius 1 is 1.56 bits per heavy atom. The van der Waals surface area contributed by atoms with Gasteiger partial charge in [0.2, 0.25) is 5.91 Å². The van der Waals surface area contributed by atoms with E-state index in [2.05, 4.69) is 26.6 Å². The van der Waals surface area contributed by atoms with Gasteiger partial charge in [0.15, 0.2) is 0 Å². The third-order valence-corrected chi connectivity index (χ3v) is 3.69. The molecule has 6 heteroatoms. The third kappa shape index (κ3) is 4.12. The first kappa shape index (κ1) is 15.8. The molecule has 1 aliphatic heterocycles. The van der Waals surface area contributed by atoms with E-state index in [-0.39, 0.29) is 24.4 Å². The number of amides is 1. The Labute approximate surface area is 126 Å². The Morgan fingerprint density at radius 3 is 2.94 bits per heavy atom. The Morgan fingerprint density at radius 2 is 2.33 bits per heavy atom. The van der Waals surface area contributed by atoms with Crippen LogP contribution in [0.2, 0.25) is 5.02 Å². The normalized spacial score (nSPS) is 18.2. The van der Waals surface area contributed by atoms with E-state index in [0.717, 1.165) is 29.4 Å². The lowest BCUT2D eigenvalue weighted by Gasteiger charge is -2.11. The topological polar surface area (TPSA) is 41.1 Å². The van der Waals surface area contributed by atoms with Gasteiger partial charge < -0.3 is 10.6 Å². The molecule has 1 atom stereocenters. The molecule has 0 spiro atoms. The zero-order chi connectivity index (χ0) is 12.3. The summed E-state index contributed by atoms with van der Waals surface area (Å²) in [6, 6.07) is 5.62. The molecule has 1 unspecified atom stereocenters. The Hall–Kier alpha value is -0.290. The highest BCUT2D eigenvalue weighted by Gasteiger charge is 2.21. The minimum atomic E-state index is -0.0378. The number of benzene rings is 1. The number of carbonyl (C=O) groups excluding carboxylic acids is 1. The second-order valence-electron chi connectivity index (χ2n) is 4.10. The molecule has 2 N–H and O–H groups in total. The van der Waals surface area contributed by atoms with Crippen LogP contribution in [0.15, 0.2) is 22.7 Å². The highest BCUT2D eigenvalue weighted by Crippen LogP contribution is 2.21. The molecular formula is C12H15BrCl2N2O. The molecule has 1 aromatic rings. The fourth-order valence-electron chi connectivity index (χ4n) is 1.88. The quantitative estimate of drug-likeness (QED) is 0.877. The predicted octanol–water partition coefficient (Wildman–Crippen LogP) is 2.89. The third-order valence-electron chi connectivity index (χ3n) is 2.84. The fourth-order valence-corrected chi connectivity index (χ4v) is 2.62. The summed E-state index contributed by atoms with van der Waals surface area (Å²) in [5, 5.41) is 6.73. The second-order valence-corrected chi connectivity index (χ2v) is 5.43. The van der Waals surface area contributed by atoms with Crippen LogP contribution in [-0.2, 0) is 11.3 Å². The molecule has 0 radical (unpaired) electrons. The molecule has 1 aliphatic rings. The van der Waals surface area contributed by atoms with Gasteiger partial charge >= 0.3 is 0 Å². The van der Waals surface area contributed by atoms with Gasteiger partial charge in [-0.2, -0.15) is 0 Å². The average molecular weight is 354 g/mol. The maximum Gasteiger partial charge on any atom is 0.237 e. The smallest absolute Gasteiger partial charge is 0.237 e. The lowest BCUT2D eigenvalue weighted by molar-refractivity contribution is -0.122. The molecular weight excluding hydrogens is 339 g/mol. The molecule has 1 heterocycles. The zero-order valence-corrected chi connectivity index (χ0v) is 12.9. The number of nitrogens with one attached hydrogen (secondary N) is 2. The van der Waals surface area contributed by atoms with E-state index in [1.165, 1.54) is 0 Å². The van der Waals surface area contributed by atoms with E-state index in [1.807, 2.05) is 18.2 Å². The Balaban J connectivity index is 0.00000162. The first-order valence-corrected chi connectivity index (χ1v) is 6.79. The van der Waals surface area contributed by atoms with Crippen LogP contribution in [0.5, 0.6) is 0 Å². The van der Waals surface area contributed by atoms with Gasteiger partial charge in [0.1, 0.15) is 0 Å². The van der Waals surface area contributed by atoms with Gasteiger partial charge in [-0.15, -0.1) is 12.4 Å². The Kier molecular flexibility index (Phi) is 6.43. The van der Waals surface area contributed by atoms with Crippen LogP contribution in [0.4, 0.5) is 0 Å². The van der Waals surface area contributed by atoms with E-state index in [4.69, 9.17) is 11.6 Å². The van der Waals surface area contributed by atoms with Crippen molar-refractivity contribution in [3.8, 4) is 0 Å². The fraction of sp³-hybridized carbons (Fsp3) is 0.417. The molecule has 0 aliphatic carbocycles. The van der Waals surface area contributed by atoms with Crippen LogP contribution >= 0.6 is 39.9 Å². The molecule has 1 fully saturated rings. The summed E-state index contributed by atoms with van der Waals surface area (Å²) >= 11 is 9.42. The summed E-state index contributed by atoms with van der Waals surface area (Å²) < 4.78 is 0.940. The maximum absolute atomic E-state index is 11.8. The summed E-state index contributed by atoms with van der Waals surface area (Å²) in [7, 11) is 0. The standard InChI is InChI=1S/C12H14BrClN2O.ClH/c13-9-4-3-8(10(14)6-9)7-16-12(17)11-2-1-5-15-11;/h3-4,6,11,15H,1-2,5,7H2,(H,16,17);1H. The predicted molar refractivity (Wildman–Crippen MR) is 79.3 cm³/mol. The molecule has 0 bridgehead atoms. The van der Waals surface area contributed by atoms with Crippen molar-refractivity contribution in [2.45, 2.75) is 25.4 Å². The molecule has 1 saturated heterocycles. The summed E-state index contributed by atoms with van der Waals surface area (Å²) in [5.74, 6) is 0.0569. The van der Waals surface area contributed by atoms with Gasteiger partial charge in [0.25, 0.3) is 0 Å². The highest BCUT2D eigenvalue weighted by molar-refractivity contribution is 9.10. The van der Waals surface area contributed by atoms with Crippen molar-refractivity contribution < 1.29 is 4.79 Å². The van der Waals surface area contributed by atoms with E-state index < -0.39 is 0 Å². The number of halogens is 3. The lowest BCUT2D eigenvalue weighted by Crippen LogP contribution is -2.40. The molecule has 0 aromatic heterocycles. The molecule has 2 rings (SSSR count). The number of hydrogen-bond acceptors (Lipinski definition) is 2. The first-order valence-electron chi connectivity index (χ1n) is 5.62. The molecule has 100 valence electrons. The minimum Gasteiger partial charge on any atom is -0.351 e. The van der Waals surface area contributed by atoms with E-state index in [9.17, 15) is 4.79 Å². The van der Waals surface area contributed by atoms with Crippen LogP contribution in [-0.4, -0.2) is 18.5 Å². The van der Waals surface area contributed by atoms with E-state index in [0.29, 0.717) is 11.6 Å². The molecule has 1 aromatic carbocycles. The van der Waals surface area contributed by atoms with Crippen molar-refractivity contribution in [1.29, 1.82) is 0 Å². The van der Waals surface area contributed by atoms with E-state index in [1.54, 1.807) is 0 Å². The monoisotopic (exact) mass is 352 g/mol. The lowest BCUT2D eigenvalue weighted by atomic mass is 10.2. The Bertz CT molecular complexity index is 423. The van der Waals surface area contributed by atoms with Crippen molar-refractivity contribution in [1.82, 2.24) is 10.6 Å². The first-order chi connectivity index (χ1) is 8.16. The number of hydrogen-bond donors (Lipinski definition) is 2. The zero-order valence-electron chi connectivity index (χ0n) is 9.71. The van der Waals surface area contributed by atoms with Crippen molar-refractivity contribution in [2.24, 2.45) is 0 Å². The van der Waals surface area contributed by atoms with Crippen molar-refractivity contribution in [2.75, 3.05) is 6.54 Å². The summed E-state index contributed by atoms with van der Waals surface area (Å²) in [5.41, 5.74) is 0.932. The average Bonchev–Trinajstić information content (AvgIpc) is 2.81. The molecule has 3 nitrogen and oxygen atoms in total. The van der Waals surface area contributed by atoms with Crippen molar-refractivity contribution in [3.05, 3.63) is 33.3 Å². The van der Waals surface area contributed by atoms with Gasteiger partial charge in [-0.1, -0.05) is 33.6 Å². The van der Waals surface area contributed by atoms with Crippen LogP contribution in [0.25, 0.3) is 0 Å². The second kappa shape index (κ2) is 7.34. The summed E-state index contributed by atoms with van der Waals surface area (Å²) in [6.07, 6.45) is 1.98. The highest BCUT2D eigenvalue weighted by atomic mass is 79.9. The SMILES string of the molecule is Cl.O=C(NCc1ccc(Br)cc1Cl)C1CCCN1. The van der Waals surface area contributed by atoms with Gasteiger partial charge in [-0.05, 0) is 37.1 Å². The number of rotatable bonds is 3. The van der Waals surface area contributed by atoms with Crippen LogP contribution in [0, 0.1) is 0 Å². The molecule has 0 saturated carbocycles. The van der Waals surface area contributed by atoms with E-state index >= 15 is 0 Å². The van der Waals surface area contributed by atoms with Crippen LogP contribution < -0.4 is 10.6 Å². The minimum absolute atomic E-state index is 0. The van der Waals surface area contributed by atoms with Gasteiger partial charge in [-0.3, -0.25) is 4.79 Å². The molecule has 1 amide bonds. The maximum atomic E-state index is 11.8. The van der Waals surface area contributed by atoms with Crippen molar-refractivity contribution >= 4 is 45.8 Å². The van der Waals surface area contributed by atoms with Gasteiger partial charge in [0.05, 0.1) is 6.04 Å². The van der Waals surface area contributed by atoms with Gasteiger partial charge in [-0.25, -0.2) is 0 Å². The summed E-state index contributed by atoms with van der Waals surface area (Å²) in [4.78, 5) is 11.8. The number of carbonyl (C=O) groups is 1. The van der Waals surface area contributed by atoms with Crippen LogP contribution in [0.3, 0.4) is 0 Å². The summed E-state index contributed by atoms with van der Waals surface area (Å²) in [6.45, 7) is 1.40.